The minimum Gasteiger partial charge on any atom is -0.388 e. The van der Waals surface area contributed by atoms with E-state index < -0.39 is 13.4 Å². The third-order valence-corrected chi connectivity index (χ3v) is 2.55. The van der Waals surface area contributed by atoms with Gasteiger partial charge in [0.2, 0.25) is 0 Å². The Balaban J connectivity index is 4.02. The summed E-state index contributed by atoms with van der Waals surface area (Å²) in [5.74, 6) is 0. The highest BCUT2D eigenvalue weighted by Crippen LogP contribution is 2.45. The first-order valence-corrected chi connectivity index (χ1v) is 6.04. The first kappa shape index (κ1) is 14.1. The van der Waals surface area contributed by atoms with Gasteiger partial charge in [-0.25, -0.2) is 4.57 Å². The highest BCUT2D eigenvalue weighted by atomic mass is 31.2. The molecule has 2 atom stereocenters. The van der Waals surface area contributed by atoms with Gasteiger partial charge in [-0.05, 0) is 27.2 Å². The van der Waals surface area contributed by atoms with Crippen molar-refractivity contribution in [3.63, 3.8) is 0 Å². The fourth-order valence-corrected chi connectivity index (χ4v) is 1.72. The summed E-state index contributed by atoms with van der Waals surface area (Å²) < 4.78 is 20.6. The second kappa shape index (κ2) is 5.24. The molecule has 5 nitrogen and oxygen atoms in total. The molecule has 0 aliphatic heterocycles. The van der Waals surface area contributed by atoms with Crippen molar-refractivity contribution in [2.45, 2.75) is 45.8 Å². The lowest BCUT2D eigenvalue weighted by Crippen LogP contribution is -2.25. The average Bonchev–Trinajstić information content (AvgIpc) is 1.99. The summed E-state index contributed by atoms with van der Waals surface area (Å²) in [4.78, 5) is 9.18. The van der Waals surface area contributed by atoms with E-state index >= 15 is 0 Å². The lowest BCUT2D eigenvalue weighted by atomic mass is 10.2. The summed E-state index contributed by atoms with van der Waals surface area (Å²) in [6.07, 6.45) is 0.281. The highest BCUT2D eigenvalue weighted by Gasteiger charge is 2.27. The predicted octanol–water partition coefficient (Wildman–Crippen LogP) is 1.69. The summed E-state index contributed by atoms with van der Waals surface area (Å²) in [5, 5.41) is 9.26. The molecular formula is C8H19O5P. The van der Waals surface area contributed by atoms with Gasteiger partial charge in [0.25, 0.3) is 0 Å². The van der Waals surface area contributed by atoms with Crippen molar-refractivity contribution in [1.82, 2.24) is 0 Å². The van der Waals surface area contributed by atoms with E-state index in [-0.39, 0.29) is 12.7 Å². The molecule has 14 heavy (non-hydrogen) atoms. The van der Waals surface area contributed by atoms with Gasteiger partial charge in [0.05, 0.1) is 18.3 Å². The van der Waals surface area contributed by atoms with Gasteiger partial charge < -0.3 is 10.00 Å². The number of aliphatic hydroxyl groups is 1. The molecule has 0 aromatic heterocycles. The Bertz CT molecular complexity index is 210. The molecule has 0 aliphatic carbocycles. The van der Waals surface area contributed by atoms with Crippen LogP contribution in [0.4, 0.5) is 0 Å². The number of phosphoric ester groups is 1. The molecule has 0 rings (SSSR count). The molecule has 0 spiro atoms. The maximum absolute atomic E-state index is 11.2. The van der Waals surface area contributed by atoms with E-state index in [0.717, 1.165) is 0 Å². The standard InChI is InChI=1S/C8H19O5P/c1-5-7(2)13-14(10,11)12-6-8(3,4)9/h7,9H,5-6H2,1-4H3,(H,10,11). The highest BCUT2D eigenvalue weighted by molar-refractivity contribution is 7.47. The van der Waals surface area contributed by atoms with Crippen molar-refractivity contribution in [1.29, 1.82) is 0 Å². The fourth-order valence-electron chi connectivity index (χ4n) is 0.572. The second-order valence-electron chi connectivity index (χ2n) is 3.88. The van der Waals surface area contributed by atoms with E-state index in [1.54, 1.807) is 6.92 Å². The van der Waals surface area contributed by atoms with Crippen LogP contribution in [0.1, 0.15) is 34.1 Å². The Hall–Kier alpha value is 0.0700. The van der Waals surface area contributed by atoms with Gasteiger partial charge >= 0.3 is 7.82 Å². The molecular weight excluding hydrogens is 207 g/mol. The topological polar surface area (TPSA) is 76.0 Å². The Morgan fingerprint density at radius 2 is 2.00 bits per heavy atom. The SMILES string of the molecule is CCC(C)OP(=O)(O)OCC(C)(C)O. The average molecular weight is 226 g/mol. The molecule has 0 saturated carbocycles. The molecule has 0 aromatic carbocycles. The first-order chi connectivity index (χ1) is 6.16. The van der Waals surface area contributed by atoms with Crippen molar-refractivity contribution < 1.29 is 23.6 Å². The molecule has 2 unspecified atom stereocenters. The van der Waals surface area contributed by atoms with Crippen molar-refractivity contribution in [3.8, 4) is 0 Å². The largest absolute Gasteiger partial charge is 0.472 e. The zero-order valence-corrected chi connectivity index (χ0v) is 9.95. The molecule has 6 heteroatoms. The molecule has 2 N–H and O–H groups in total. The van der Waals surface area contributed by atoms with Crippen molar-refractivity contribution in [3.05, 3.63) is 0 Å². The molecule has 0 bridgehead atoms. The number of hydrogen-bond donors (Lipinski definition) is 2. The van der Waals surface area contributed by atoms with Crippen molar-refractivity contribution in [2.24, 2.45) is 0 Å². The number of hydrogen-bond acceptors (Lipinski definition) is 4. The van der Waals surface area contributed by atoms with Gasteiger partial charge in [-0.3, -0.25) is 9.05 Å². The van der Waals surface area contributed by atoms with Crippen LogP contribution in [-0.2, 0) is 13.6 Å². The Morgan fingerprint density at radius 1 is 1.50 bits per heavy atom. The molecule has 86 valence electrons. The van der Waals surface area contributed by atoms with E-state index in [2.05, 4.69) is 4.52 Å². The van der Waals surface area contributed by atoms with Crippen LogP contribution in [0.25, 0.3) is 0 Å². The van der Waals surface area contributed by atoms with Crippen LogP contribution in [-0.4, -0.2) is 28.3 Å². The molecule has 0 amide bonds. The van der Waals surface area contributed by atoms with E-state index in [4.69, 9.17) is 4.52 Å². The summed E-state index contributed by atoms with van der Waals surface area (Å²) >= 11 is 0. The molecule has 0 aromatic rings. The molecule has 0 saturated heterocycles. The summed E-state index contributed by atoms with van der Waals surface area (Å²) in [6, 6.07) is 0. The summed E-state index contributed by atoms with van der Waals surface area (Å²) in [7, 11) is -4.02. The third kappa shape index (κ3) is 7.47. The fraction of sp³-hybridized carbons (Fsp3) is 1.00. The zero-order chi connectivity index (χ0) is 11.4. The smallest absolute Gasteiger partial charge is 0.388 e. The lowest BCUT2D eigenvalue weighted by Gasteiger charge is -2.21. The minimum absolute atomic E-state index is 0.239. The van der Waals surface area contributed by atoms with Gasteiger partial charge in [-0.1, -0.05) is 6.92 Å². The van der Waals surface area contributed by atoms with Gasteiger partial charge in [0.1, 0.15) is 0 Å². The zero-order valence-electron chi connectivity index (χ0n) is 9.06. The van der Waals surface area contributed by atoms with Crippen molar-refractivity contribution in [2.75, 3.05) is 6.61 Å². The quantitative estimate of drug-likeness (QED) is 0.674. The predicted molar refractivity (Wildman–Crippen MR) is 52.9 cm³/mol. The monoisotopic (exact) mass is 226 g/mol. The molecule has 0 heterocycles. The number of rotatable bonds is 6. The van der Waals surface area contributed by atoms with E-state index in [0.29, 0.717) is 6.42 Å². The lowest BCUT2D eigenvalue weighted by molar-refractivity contribution is 0.00657. The van der Waals surface area contributed by atoms with Crippen LogP contribution in [0.3, 0.4) is 0 Å². The van der Waals surface area contributed by atoms with Crippen molar-refractivity contribution >= 4 is 7.82 Å². The van der Waals surface area contributed by atoms with Crippen LogP contribution < -0.4 is 0 Å². The van der Waals surface area contributed by atoms with Crippen LogP contribution in [0.2, 0.25) is 0 Å². The van der Waals surface area contributed by atoms with E-state index in [1.807, 2.05) is 6.92 Å². The van der Waals surface area contributed by atoms with E-state index in [1.165, 1.54) is 13.8 Å². The van der Waals surface area contributed by atoms with Gasteiger partial charge in [0.15, 0.2) is 0 Å². The van der Waals surface area contributed by atoms with Crippen LogP contribution in [0.5, 0.6) is 0 Å². The molecule has 0 radical (unpaired) electrons. The van der Waals surface area contributed by atoms with Crippen LogP contribution >= 0.6 is 7.82 Å². The summed E-state index contributed by atoms with van der Waals surface area (Å²) in [6.45, 7) is 6.24. The normalized spacial score (nSPS) is 19.0. The minimum atomic E-state index is -4.02. The maximum atomic E-state index is 11.2. The Kier molecular flexibility index (Phi) is 5.26. The molecule has 0 fully saturated rings. The Morgan fingerprint density at radius 3 is 2.36 bits per heavy atom. The molecule has 0 aliphatic rings. The van der Waals surface area contributed by atoms with Crippen LogP contribution in [0, 0.1) is 0 Å². The number of phosphoric acid groups is 1. The van der Waals surface area contributed by atoms with E-state index in [9.17, 15) is 14.6 Å². The van der Waals surface area contributed by atoms with Gasteiger partial charge in [0, 0.05) is 0 Å². The van der Waals surface area contributed by atoms with Crippen LogP contribution in [0.15, 0.2) is 0 Å². The first-order valence-electron chi connectivity index (χ1n) is 4.54. The third-order valence-electron chi connectivity index (χ3n) is 1.47. The Labute approximate surface area is 84.7 Å². The van der Waals surface area contributed by atoms with Gasteiger partial charge in [-0.15, -0.1) is 0 Å². The maximum Gasteiger partial charge on any atom is 0.472 e. The summed E-state index contributed by atoms with van der Waals surface area (Å²) in [5.41, 5.74) is -1.14. The van der Waals surface area contributed by atoms with Gasteiger partial charge in [-0.2, -0.15) is 0 Å². The second-order valence-corrected chi connectivity index (χ2v) is 5.28.